The zero-order valence-electron chi connectivity index (χ0n) is 20.1. The molecular weight excluding hydrogens is 416 g/mol. The fourth-order valence-electron chi connectivity index (χ4n) is 7.25. The van der Waals surface area contributed by atoms with Gasteiger partial charge in [0.15, 0.2) is 11.4 Å². The van der Waals surface area contributed by atoms with Crippen molar-refractivity contribution in [3.8, 4) is 0 Å². The van der Waals surface area contributed by atoms with E-state index in [0.717, 1.165) is 0 Å². The third-order valence-corrected chi connectivity index (χ3v) is 8.18. The summed E-state index contributed by atoms with van der Waals surface area (Å²) in [5.41, 5.74) is -6.53. The average molecular weight is 453 g/mol. The van der Waals surface area contributed by atoms with Gasteiger partial charge < -0.3 is 24.4 Å². The monoisotopic (exact) mass is 452 g/mol. The highest BCUT2D eigenvalue weighted by atomic mass is 16.6. The summed E-state index contributed by atoms with van der Waals surface area (Å²) in [4.78, 5) is 37.5. The van der Waals surface area contributed by atoms with Crippen molar-refractivity contribution in [1.29, 1.82) is 0 Å². The Hall–Kier alpha value is -1.77. The normalized spacial score (nSPS) is 47.6. The number of Topliss-reactive ketones (excluding diaryl/α,β-unsaturated/α-hetero) is 1. The molecule has 1 heterocycles. The van der Waals surface area contributed by atoms with Gasteiger partial charge in [-0.3, -0.25) is 14.4 Å². The summed E-state index contributed by atoms with van der Waals surface area (Å²) in [6.07, 6.45) is -1.26. The van der Waals surface area contributed by atoms with Gasteiger partial charge in [-0.25, -0.2) is 0 Å². The molecule has 8 atom stereocenters. The molecule has 8 heteroatoms. The fraction of sp³-hybridized carbons (Fsp3) is 0.792. The van der Waals surface area contributed by atoms with Gasteiger partial charge in [0.2, 0.25) is 0 Å². The topological polar surface area (TPSA) is 119 Å². The van der Waals surface area contributed by atoms with Crippen LogP contribution in [-0.2, 0) is 28.6 Å². The van der Waals surface area contributed by atoms with E-state index in [0.29, 0.717) is 0 Å². The lowest BCUT2D eigenvalue weighted by Gasteiger charge is -2.70. The molecule has 0 aromatic heterocycles. The van der Waals surface area contributed by atoms with Crippen LogP contribution in [-0.4, -0.2) is 63.0 Å². The van der Waals surface area contributed by atoms with Crippen molar-refractivity contribution in [1.82, 2.24) is 0 Å². The third-order valence-electron chi connectivity index (χ3n) is 8.18. The predicted octanol–water partition coefficient (Wildman–Crippen LogP) is 2.09. The van der Waals surface area contributed by atoms with Crippen LogP contribution in [0.15, 0.2) is 12.7 Å². The van der Waals surface area contributed by atoms with Crippen LogP contribution in [0, 0.1) is 16.7 Å². The Morgan fingerprint density at radius 1 is 1.09 bits per heavy atom. The molecule has 0 bridgehead atoms. The first-order chi connectivity index (χ1) is 14.5. The van der Waals surface area contributed by atoms with Crippen molar-refractivity contribution in [3.05, 3.63) is 12.7 Å². The van der Waals surface area contributed by atoms with Crippen molar-refractivity contribution in [2.75, 3.05) is 0 Å². The van der Waals surface area contributed by atoms with Crippen molar-refractivity contribution in [3.63, 3.8) is 0 Å². The van der Waals surface area contributed by atoms with Crippen LogP contribution < -0.4 is 0 Å². The molecule has 1 aliphatic heterocycles. The lowest BCUT2D eigenvalue weighted by molar-refractivity contribution is -0.340. The van der Waals surface area contributed by atoms with Crippen LogP contribution in [0.1, 0.15) is 67.7 Å². The van der Waals surface area contributed by atoms with E-state index in [4.69, 9.17) is 14.2 Å². The molecule has 1 saturated heterocycles. The van der Waals surface area contributed by atoms with E-state index in [1.165, 1.54) is 13.8 Å². The van der Waals surface area contributed by atoms with Gasteiger partial charge in [-0.2, -0.15) is 0 Å². The molecule has 3 aliphatic rings. The molecule has 2 N–H and O–H groups in total. The predicted molar refractivity (Wildman–Crippen MR) is 114 cm³/mol. The molecular formula is C24H36O8. The van der Waals surface area contributed by atoms with Crippen molar-refractivity contribution in [2.24, 2.45) is 16.7 Å². The molecule has 0 spiro atoms. The maximum Gasteiger partial charge on any atom is 0.303 e. The Morgan fingerprint density at radius 3 is 2.16 bits per heavy atom. The number of carbonyl (C=O) groups is 3. The van der Waals surface area contributed by atoms with Crippen LogP contribution in [0.4, 0.5) is 0 Å². The van der Waals surface area contributed by atoms with Crippen molar-refractivity contribution >= 4 is 17.7 Å². The number of ketones is 1. The molecule has 32 heavy (non-hydrogen) atoms. The van der Waals surface area contributed by atoms with Gasteiger partial charge >= 0.3 is 11.9 Å². The van der Waals surface area contributed by atoms with E-state index in [9.17, 15) is 24.6 Å². The Kier molecular flexibility index (Phi) is 5.72. The fourth-order valence-corrected chi connectivity index (χ4v) is 7.25. The standard InChI is InChI=1S/C24H36O8/c1-9-21(6)12-17(28)24(29)22(7)11-16(30-13(2)25)19(31-14(3)26)20(4,5)18(22)15(27)10-23(24,8)32-21/h9,15-16,18-19,27,29H,1,10-12H2,2-8H3. The molecule has 180 valence electrons. The third kappa shape index (κ3) is 3.25. The largest absolute Gasteiger partial charge is 0.459 e. The summed E-state index contributed by atoms with van der Waals surface area (Å²) >= 11 is 0. The maximum absolute atomic E-state index is 13.6. The molecule has 3 fully saturated rings. The Morgan fingerprint density at radius 2 is 1.66 bits per heavy atom. The van der Waals surface area contributed by atoms with E-state index < -0.39 is 69.6 Å². The second-order valence-electron chi connectivity index (χ2n) is 11.0. The molecule has 0 radical (unpaired) electrons. The van der Waals surface area contributed by atoms with Gasteiger partial charge in [0.05, 0.1) is 11.7 Å². The molecule has 0 aromatic rings. The highest BCUT2D eigenvalue weighted by molar-refractivity contribution is 5.92. The van der Waals surface area contributed by atoms with Gasteiger partial charge in [0.1, 0.15) is 17.8 Å². The van der Waals surface area contributed by atoms with Gasteiger partial charge in [0.25, 0.3) is 0 Å². The van der Waals surface area contributed by atoms with Crippen LogP contribution in [0.3, 0.4) is 0 Å². The van der Waals surface area contributed by atoms with Crippen LogP contribution >= 0.6 is 0 Å². The summed E-state index contributed by atoms with van der Waals surface area (Å²) in [6.45, 7) is 15.0. The molecule has 8 nitrogen and oxygen atoms in total. The van der Waals surface area contributed by atoms with Gasteiger partial charge in [-0.1, -0.05) is 26.8 Å². The highest BCUT2D eigenvalue weighted by Gasteiger charge is 2.78. The number of carbonyl (C=O) groups excluding carboxylic acids is 3. The highest BCUT2D eigenvalue weighted by Crippen LogP contribution is 2.67. The molecule has 2 saturated carbocycles. The first kappa shape index (κ1) is 24.9. The molecule has 3 rings (SSSR count). The number of aliphatic hydroxyl groups excluding tert-OH is 1. The van der Waals surface area contributed by atoms with Crippen molar-refractivity contribution < 1.29 is 38.8 Å². The lowest BCUT2D eigenvalue weighted by Crippen LogP contribution is -2.82. The smallest absolute Gasteiger partial charge is 0.303 e. The summed E-state index contributed by atoms with van der Waals surface area (Å²) in [6, 6.07) is 0. The number of hydrogen-bond acceptors (Lipinski definition) is 8. The molecule has 2 aliphatic carbocycles. The van der Waals surface area contributed by atoms with Crippen LogP contribution in [0.25, 0.3) is 0 Å². The SMILES string of the molecule is C=CC1(C)CC(=O)C2(O)C(C)(CC(O)C3C(C)(C)C(OC(C)=O)C(OC(C)=O)CC32C)O1. The van der Waals surface area contributed by atoms with Crippen LogP contribution in [0.2, 0.25) is 0 Å². The van der Waals surface area contributed by atoms with Crippen LogP contribution in [0.5, 0.6) is 0 Å². The maximum atomic E-state index is 13.6. The second-order valence-corrected chi connectivity index (χ2v) is 11.0. The second kappa shape index (κ2) is 7.37. The first-order valence-electron chi connectivity index (χ1n) is 11.1. The van der Waals surface area contributed by atoms with E-state index in [-0.39, 0.29) is 19.3 Å². The Labute approximate surface area is 189 Å². The molecule has 0 amide bonds. The van der Waals surface area contributed by atoms with E-state index in [1.807, 2.05) is 0 Å². The minimum absolute atomic E-state index is 0.00732. The van der Waals surface area contributed by atoms with Gasteiger partial charge in [0, 0.05) is 43.4 Å². The summed E-state index contributed by atoms with van der Waals surface area (Å²) in [5.74, 6) is -2.17. The van der Waals surface area contributed by atoms with E-state index in [1.54, 1.807) is 40.7 Å². The number of fused-ring (bicyclic) bond motifs is 3. The minimum Gasteiger partial charge on any atom is -0.459 e. The first-order valence-corrected chi connectivity index (χ1v) is 11.1. The summed E-state index contributed by atoms with van der Waals surface area (Å²) in [7, 11) is 0. The number of rotatable bonds is 3. The average Bonchev–Trinajstić information content (AvgIpc) is 2.60. The van der Waals surface area contributed by atoms with Gasteiger partial charge in [-0.05, 0) is 20.3 Å². The molecule has 8 unspecified atom stereocenters. The Balaban J connectivity index is 2.21. The zero-order valence-corrected chi connectivity index (χ0v) is 20.1. The lowest BCUT2D eigenvalue weighted by atomic mass is 9.40. The van der Waals surface area contributed by atoms with Crippen molar-refractivity contribution in [2.45, 2.75) is 103 Å². The minimum atomic E-state index is -1.97. The number of ether oxygens (including phenoxy) is 3. The summed E-state index contributed by atoms with van der Waals surface area (Å²) < 4.78 is 17.5. The van der Waals surface area contributed by atoms with Gasteiger partial charge in [-0.15, -0.1) is 6.58 Å². The molecule has 0 aromatic carbocycles. The zero-order chi connectivity index (χ0) is 24.5. The van der Waals surface area contributed by atoms with E-state index >= 15 is 0 Å². The Bertz CT molecular complexity index is 851. The number of esters is 2. The summed E-state index contributed by atoms with van der Waals surface area (Å²) in [5, 5.41) is 23.6. The number of aliphatic hydroxyl groups is 2. The van der Waals surface area contributed by atoms with E-state index in [2.05, 4.69) is 6.58 Å². The number of hydrogen-bond donors (Lipinski definition) is 2. The quantitative estimate of drug-likeness (QED) is 0.493.